The summed E-state index contributed by atoms with van der Waals surface area (Å²) in [6.45, 7) is 1.30. The first-order valence-electron chi connectivity index (χ1n) is 7.79. The number of aromatic nitrogens is 1. The minimum atomic E-state index is -0.746. The van der Waals surface area contributed by atoms with Crippen LogP contribution in [0.4, 0.5) is 0 Å². The van der Waals surface area contributed by atoms with Crippen LogP contribution in [0.25, 0.3) is 0 Å². The standard InChI is InChI=1S/C17H23N3O3S.ClH/c1-20(17(22)15-12-24-16(19-15)7-8-18)9-14(21)11-23-10-13-5-3-2-4-6-13;/h2-6,12,14,21H,7-11,18H2,1H3;1H. The number of nitrogens with two attached hydrogens (primary N) is 1. The molecule has 3 N–H and O–H groups in total. The van der Waals surface area contributed by atoms with Crippen molar-refractivity contribution in [2.45, 2.75) is 19.1 Å². The summed E-state index contributed by atoms with van der Waals surface area (Å²) in [7, 11) is 1.64. The van der Waals surface area contributed by atoms with Gasteiger partial charge in [-0.1, -0.05) is 30.3 Å². The average Bonchev–Trinajstić information content (AvgIpc) is 3.04. The topological polar surface area (TPSA) is 88.7 Å². The van der Waals surface area contributed by atoms with E-state index in [1.165, 1.54) is 16.2 Å². The van der Waals surface area contributed by atoms with E-state index in [-0.39, 0.29) is 31.5 Å². The van der Waals surface area contributed by atoms with Gasteiger partial charge in [0.15, 0.2) is 0 Å². The molecular weight excluding hydrogens is 362 g/mol. The third-order valence-electron chi connectivity index (χ3n) is 3.38. The number of thiazole rings is 1. The molecule has 1 unspecified atom stereocenters. The molecule has 1 atom stereocenters. The predicted octanol–water partition coefficient (Wildman–Crippen LogP) is 1.72. The Morgan fingerprint density at radius 1 is 1.40 bits per heavy atom. The summed E-state index contributed by atoms with van der Waals surface area (Å²) in [4.78, 5) is 18.0. The molecule has 2 aromatic rings. The van der Waals surface area contributed by atoms with E-state index in [1.807, 2.05) is 30.3 Å². The van der Waals surface area contributed by atoms with Crippen molar-refractivity contribution in [2.24, 2.45) is 5.73 Å². The van der Waals surface area contributed by atoms with Crippen molar-refractivity contribution in [1.82, 2.24) is 9.88 Å². The number of carbonyl (C=O) groups excluding carboxylic acids is 1. The maximum atomic E-state index is 12.3. The highest BCUT2D eigenvalue weighted by atomic mass is 35.5. The molecule has 6 nitrogen and oxygen atoms in total. The third-order valence-corrected chi connectivity index (χ3v) is 4.29. The molecule has 0 aliphatic carbocycles. The lowest BCUT2D eigenvalue weighted by Crippen LogP contribution is -2.36. The number of hydrogen-bond donors (Lipinski definition) is 2. The van der Waals surface area contributed by atoms with Gasteiger partial charge in [0, 0.05) is 25.4 Å². The van der Waals surface area contributed by atoms with Crippen molar-refractivity contribution in [3.05, 3.63) is 52.0 Å². The Morgan fingerprint density at radius 2 is 2.12 bits per heavy atom. The summed E-state index contributed by atoms with van der Waals surface area (Å²) < 4.78 is 5.49. The summed E-state index contributed by atoms with van der Waals surface area (Å²) in [6, 6.07) is 9.74. The minimum absolute atomic E-state index is 0. The van der Waals surface area contributed by atoms with Gasteiger partial charge in [-0.15, -0.1) is 23.7 Å². The first-order valence-corrected chi connectivity index (χ1v) is 8.67. The number of benzene rings is 1. The van der Waals surface area contributed by atoms with Gasteiger partial charge >= 0.3 is 0 Å². The second-order valence-electron chi connectivity index (χ2n) is 5.51. The van der Waals surface area contributed by atoms with E-state index in [4.69, 9.17) is 10.5 Å². The zero-order chi connectivity index (χ0) is 17.4. The van der Waals surface area contributed by atoms with Crippen LogP contribution >= 0.6 is 23.7 Å². The molecule has 0 aliphatic heterocycles. The maximum Gasteiger partial charge on any atom is 0.273 e. The van der Waals surface area contributed by atoms with Crippen molar-refractivity contribution in [3.8, 4) is 0 Å². The van der Waals surface area contributed by atoms with Gasteiger partial charge in [-0.25, -0.2) is 4.98 Å². The van der Waals surface area contributed by atoms with Gasteiger partial charge in [-0.05, 0) is 12.1 Å². The molecule has 1 aromatic heterocycles. The number of aliphatic hydroxyl groups is 1. The minimum Gasteiger partial charge on any atom is -0.389 e. The van der Waals surface area contributed by atoms with Gasteiger partial charge in [0.05, 0.1) is 24.3 Å². The number of ether oxygens (including phenoxy) is 1. The molecule has 1 heterocycles. The quantitative estimate of drug-likeness (QED) is 0.686. The molecule has 2 rings (SSSR count). The number of halogens is 1. The van der Waals surface area contributed by atoms with E-state index in [9.17, 15) is 9.90 Å². The van der Waals surface area contributed by atoms with E-state index >= 15 is 0 Å². The van der Waals surface area contributed by atoms with E-state index in [1.54, 1.807) is 12.4 Å². The van der Waals surface area contributed by atoms with Crippen LogP contribution in [0.2, 0.25) is 0 Å². The smallest absolute Gasteiger partial charge is 0.273 e. The Hall–Kier alpha value is -1.51. The monoisotopic (exact) mass is 385 g/mol. The number of amides is 1. The Kier molecular flexibility index (Phi) is 9.62. The Labute approximate surface area is 158 Å². The molecule has 138 valence electrons. The lowest BCUT2D eigenvalue weighted by atomic mass is 10.2. The molecule has 0 spiro atoms. The molecule has 1 amide bonds. The number of carbonyl (C=O) groups is 1. The number of nitrogens with zero attached hydrogens (tertiary/aromatic N) is 2. The highest BCUT2D eigenvalue weighted by Crippen LogP contribution is 2.12. The molecule has 0 radical (unpaired) electrons. The lowest BCUT2D eigenvalue weighted by Gasteiger charge is -2.20. The summed E-state index contributed by atoms with van der Waals surface area (Å²) in [5, 5.41) is 12.6. The fourth-order valence-corrected chi connectivity index (χ4v) is 2.97. The SMILES string of the molecule is CN(CC(O)COCc1ccccc1)C(=O)c1csc(CCN)n1.Cl. The second-order valence-corrected chi connectivity index (χ2v) is 6.45. The summed E-state index contributed by atoms with van der Waals surface area (Å²) in [5.41, 5.74) is 6.92. The second kappa shape index (κ2) is 11.2. The first kappa shape index (κ1) is 21.5. The van der Waals surface area contributed by atoms with Crippen LogP contribution in [0.1, 0.15) is 21.1 Å². The Morgan fingerprint density at radius 3 is 2.80 bits per heavy atom. The molecule has 1 aromatic carbocycles. The number of rotatable bonds is 9. The van der Waals surface area contributed by atoms with Crippen molar-refractivity contribution < 1.29 is 14.6 Å². The lowest BCUT2D eigenvalue weighted by molar-refractivity contribution is 0.0136. The highest BCUT2D eigenvalue weighted by molar-refractivity contribution is 7.09. The van der Waals surface area contributed by atoms with Gasteiger partial charge in [0.25, 0.3) is 5.91 Å². The van der Waals surface area contributed by atoms with E-state index in [0.29, 0.717) is 25.3 Å². The molecule has 0 bridgehead atoms. The normalized spacial score (nSPS) is 11.6. The predicted molar refractivity (Wildman–Crippen MR) is 101 cm³/mol. The maximum absolute atomic E-state index is 12.3. The van der Waals surface area contributed by atoms with E-state index in [2.05, 4.69) is 4.98 Å². The largest absolute Gasteiger partial charge is 0.389 e. The van der Waals surface area contributed by atoms with Crippen molar-refractivity contribution >= 4 is 29.7 Å². The fourth-order valence-electron chi connectivity index (χ4n) is 2.18. The first-order chi connectivity index (χ1) is 11.6. The van der Waals surface area contributed by atoms with Crippen LogP contribution in [0, 0.1) is 0 Å². The van der Waals surface area contributed by atoms with Crippen LogP contribution in [0.5, 0.6) is 0 Å². The Balaban J connectivity index is 0.00000312. The number of hydrogen-bond acceptors (Lipinski definition) is 6. The van der Waals surface area contributed by atoms with Crippen molar-refractivity contribution in [3.63, 3.8) is 0 Å². The average molecular weight is 386 g/mol. The fraction of sp³-hybridized carbons (Fsp3) is 0.412. The van der Waals surface area contributed by atoms with Crippen LogP contribution in [0.3, 0.4) is 0 Å². The van der Waals surface area contributed by atoms with E-state index < -0.39 is 6.10 Å². The molecule has 25 heavy (non-hydrogen) atoms. The molecule has 8 heteroatoms. The van der Waals surface area contributed by atoms with Crippen LogP contribution in [-0.2, 0) is 17.8 Å². The van der Waals surface area contributed by atoms with Crippen molar-refractivity contribution in [2.75, 3.05) is 26.7 Å². The summed E-state index contributed by atoms with van der Waals surface area (Å²) >= 11 is 1.42. The zero-order valence-corrected chi connectivity index (χ0v) is 15.8. The molecular formula is C17H24ClN3O3S. The van der Waals surface area contributed by atoms with Gasteiger partial charge < -0.3 is 20.5 Å². The third kappa shape index (κ3) is 7.09. The Bertz CT molecular complexity index is 639. The molecule has 0 saturated heterocycles. The van der Waals surface area contributed by atoms with Gasteiger partial charge in [-0.3, -0.25) is 4.79 Å². The van der Waals surface area contributed by atoms with E-state index in [0.717, 1.165) is 10.6 Å². The summed E-state index contributed by atoms with van der Waals surface area (Å²) in [6.07, 6.45) is -0.0812. The van der Waals surface area contributed by atoms with Crippen LogP contribution in [0.15, 0.2) is 35.7 Å². The highest BCUT2D eigenvalue weighted by Gasteiger charge is 2.18. The summed E-state index contributed by atoms with van der Waals surface area (Å²) in [5.74, 6) is -0.211. The van der Waals surface area contributed by atoms with Gasteiger partial charge in [0.1, 0.15) is 5.69 Å². The zero-order valence-electron chi connectivity index (χ0n) is 14.1. The van der Waals surface area contributed by atoms with Gasteiger partial charge in [0.2, 0.25) is 0 Å². The van der Waals surface area contributed by atoms with Crippen LogP contribution in [-0.4, -0.2) is 53.7 Å². The number of likely N-dealkylation sites (N-methyl/N-ethyl adjacent to an activating group) is 1. The number of aliphatic hydroxyl groups excluding tert-OH is 1. The van der Waals surface area contributed by atoms with Crippen LogP contribution < -0.4 is 5.73 Å². The molecule has 0 aliphatic rings. The molecule has 0 saturated carbocycles. The molecule has 0 fully saturated rings. The van der Waals surface area contributed by atoms with Crippen molar-refractivity contribution in [1.29, 1.82) is 0 Å². The van der Waals surface area contributed by atoms with Gasteiger partial charge in [-0.2, -0.15) is 0 Å².